The van der Waals surface area contributed by atoms with Crippen LogP contribution < -0.4 is 0 Å². The van der Waals surface area contributed by atoms with Crippen molar-refractivity contribution in [2.75, 3.05) is 6.66 Å². The molecule has 0 unspecified atom stereocenters. The van der Waals surface area contributed by atoms with E-state index in [1.807, 2.05) is 0 Å². The molecule has 0 bridgehead atoms. The van der Waals surface area contributed by atoms with Gasteiger partial charge < -0.3 is 0 Å². The van der Waals surface area contributed by atoms with Gasteiger partial charge in [0.05, 0.1) is 0 Å². The summed E-state index contributed by atoms with van der Waals surface area (Å²) in [5.41, 5.74) is 0. The molecule has 0 spiro atoms. The number of halogens is 1. The number of hydrogen-bond donors (Lipinski definition) is 0. The average molecular weight is 197 g/mol. The van der Waals surface area contributed by atoms with Crippen molar-refractivity contribution in [2.24, 2.45) is 0 Å². The van der Waals surface area contributed by atoms with E-state index in [1.54, 1.807) is 0 Å². The van der Waals surface area contributed by atoms with Gasteiger partial charge in [0.1, 0.15) is 0 Å². The number of rotatable bonds is 0. The van der Waals surface area contributed by atoms with E-state index in [0.29, 0.717) is 0 Å². The van der Waals surface area contributed by atoms with Gasteiger partial charge in [-0.25, -0.2) is 0 Å². The van der Waals surface area contributed by atoms with E-state index in [0.717, 1.165) is 0 Å². The third-order valence-electron chi connectivity index (χ3n) is 2.82. The molecule has 2 heteroatoms. The summed E-state index contributed by atoms with van der Waals surface area (Å²) in [4.78, 5) is 0. The summed E-state index contributed by atoms with van der Waals surface area (Å²) in [5.74, 6) is 0. The van der Waals surface area contributed by atoms with Crippen LogP contribution in [0.2, 0.25) is 0 Å². The van der Waals surface area contributed by atoms with Gasteiger partial charge in [0.15, 0.2) is 0 Å². The van der Waals surface area contributed by atoms with Crippen LogP contribution in [0, 0.1) is 0 Å². The number of hydrogen-bond acceptors (Lipinski definition) is 0. The van der Waals surface area contributed by atoms with Crippen molar-refractivity contribution in [2.45, 2.75) is 51.9 Å². The van der Waals surface area contributed by atoms with E-state index < -0.39 is 6.62 Å². The average Bonchev–Trinajstić information content (AvgIpc) is 1.58. The van der Waals surface area contributed by atoms with Crippen LogP contribution in [0.1, 0.15) is 41.5 Å². The molecular weight excluding hydrogens is 175 g/mol. The van der Waals surface area contributed by atoms with Crippen LogP contribution in [-0.2, 0) is 0 Å². The molecule has 70 valence electrons. The van der Waals surface area contributed by atoms with E-state index >= 15 is 0 Å². The van der Waals surface area contributed by atoms with E-state index in [-0.39, 0.29) is 10.3 Å². The first kappa shape index (κ1) is 11.7. The van der Waals surface area contributed by atoms with Crippen molar-refractivity contribution < 1.29 is 0 Å². The van der Waals surface area contributed by atoms with Crippen LogP contribution in [-0.4, -0.2) is 17.0 Å². The van der Waals surface area contributed by atoms with Crippen LogP contribution in [0.25, 0.3) is 0 Å². The molecule has 0 aromatic rings. The molecule has 0 fully saturated rings. The third kappa shape index (κ3) is 2.33. The molecule has 0 atom stereocenters. The zero-order valence-electron chi connectivity index (χ0n) is 8.88. The SMILES string of the molecule is CC(C)(C)[PH](C)(Cl)C(C)(C)C. The first-order chi connectivity index (χ1) is 4.50. The second-order valence-electron chi connectivity index (χ2n) is 5.50. The molecule has 0 N–H and O–H groups in total. The van der Waals surface area contributed by atoms with E-state index in [4.69, 9.17) is 11.2 Å². The van der Waals surface area contributed by atoms with Crippen LogP contribution in [0.4, 0.5) is 0 Å². The Balaban J connectivity index is 4.75. The molecule has 0 heterocycles. The normalized spacial score (nSPS) is 16.7. The van der Waals surface area contributed by atoms with Gasteiger partial charge in [-0.1, -0.05) is 0 Å². The summed E-state index contributed by atoms with van der Waals surface area (Å²) in [6.07, 6.45) is 0. The van der Waals surface area contributed by atoms with Crippen LogP contribution in [0.5, 0.6) is 0 Å². The minimum atomic E-state index is -1.63. The van der Waals surface area contributed by atoms with Gasteiger partial charge in [0, 0.05) is 0 Å². The summed E-state index contributed by atoms with van der Waals surface area (Å²) in [6.45, 7) is 14.1. The second-order valence-corrected chi connectivity index (χ2v) is 12.8. The Morgan fingerprint density at radius 3 is 1.00 bits per heavy atom. The Hall–Kier alpha value is 0.720. The predicted molar refractivity (Wildman–Crippen MR) is 59.6 cm³/mol. The van der Waals surface area contributed by atoms with Crippen molar-refractivity contribution in [3.63, 3.8) is 0 Å². The molecule has 0 aromatic carbocycles. The van der Waals surface area contributed by atoms with E-state index in [1.165, 1.54) is 0 Å². The molecule has 0 saturated carbocycles. The van der Waals surface area contributed by atoms with Gasteiger partial charge >= 0.3 is 76.4 Å². The topological polar surface area (TPSA) is 0 Å². The van der Waals surface area contributed by atoms with Crippen molar-refractivity contribution in [3.05, 3.63) is 0 Å². The second kappa shape index (κ2) is 2.89. The Bertz CT molecular complexity index is 121. The fourth-order valence-electron chi connectivity index (χ4n) is 1.12. The quantitative estimate of drug-likeness (QED) is 0.512. The van der Waals surface area contributed by atoms with Gasteiger partial charge in [0.25, 0.3) is 0 Å². The summed E-state index contributed by atoms with van der Waals surface area (Å²) in [6, 6.07) is 0. The maximum atomic E-state index is 6.63. The molecule has 0 aliphatic heterocycles. The fraction of sp³-hybridized carbons (Fsp3) is 1.00. The van der Waals surface area contributed by atoms with Crippen molar-refractivity contribution in [1.82, 2.24) is 0 Å². The van der Waals surface area contributed by atoms with Gasteiger partial charge in [-0.05, 0) is 0 Å². The molecule has 0 aliphatic rings. The zero-order valence-corrected chi connectivity index (χ0v) is 10.6. The van der Waals surface area contributed by atoms with Gasteiger partial charge in [-0.3, -0.25) is 0 Å². The standard InChI is InChI=1S/C9H22ClP/c1-8(2,3)11(7,10)9(4,5)6/h11H,1-7H3. The molecule has 0 amide bonds. The van der Waals surface area contributed by atoms with Crippen molar-refractivity contribution in [3.8, 4) is 0 Å². The summed E-state index contributed by atoms with van der Waals surface area (Å²) < 4.78 is 0. The summed E-state index contributed by atoms with van der Waals surface area (Å²) in [7, 11) is 0. The molecule has 0 rings (SSSR count). The fourth-order valence-corrected chi connectivity index (χ4v) is 3.38. The molecule has 0 saturated heterocycles. The summed E-state index contributed by atoms with van der Waals surface area (Å²) >= 11 is 6.63. The first-order valence-electron chi connectivity index (χ1n) is 4.19. The van der Waals surface area contributed by atoms with Gasteiger partial charge in [-0.2, -0.15) is 0 Å². The van der Waals surface area contributed by atoms with Crippen LogP contribution >= 0.6 is 17.9 Å². The molecule has 0 aromatic heterocycles. The minimum absolute atomic E-state index is 0.285. The van der Waals surface area contributed by atoms with Crippen LogP contribution in [0.3, 0.4) is 0 Å². The third-order valence-corrected chi connectivity index (χ3v) is 11.9. The summed E-state index contributed by atoms with van der Waals surface area (Å²) in [5, 5.41) is 0.569. The monoisotopic (exact) mass is 196 g/mol. The predicted octanol–water partition coefficient (Wildman–Crippen LogP) is 4.12. The zero-order chi connectivity index (χ0) is 9.50. The molecule has 0 aliphatic carbocycles. The van der Waals surface area contributed by atoms with Crippen molar-refractivity contribution >= 4 is 17.9 Å². The van der Waals surface area contributed by atoms with Gasteiger partial charge in [-0.15, -0.1) is 0 Å². The maximum absolute atomic E-state index is 6.63. The van der Waals surface area contributed by atoms with Gasteiger partial charge in [0.2, 0.25) is 0 Å². The Morgan fingerprint density at radius 2 is 1.00 bits per heavy atom. The molecule has 0 radical (unpaired) electrons. The Labute approximate surface area is 76.8 Å². The van der Waals surface area contributed by atoms with E-state index in [2.05, 4.69) is 48.2 Å². The van der Waals surface area contributed by atoms with E-state index in [9.17, 15) is 0 Å². The van der Waals surface area contributed by atoms with Crippen molar-refractivity contribution in [1.29, 1.82) is 0 Å². The molecule has 0 nitrogen and oxygen atoms in total. The Kier molecular flexibility index (Phi) is 3.08. The first-order valence-corrected chi connectivity index (χ1v) is 7.70. The van der Waals surface area contributed by atoms with Crippen LogP contribution in [0.15, 0.2) is 0 Å². The molecular formula is C9H22ClP. The molecule has 11 heavy (non-hydrogen) atoms. The Morgan fingerprint density at radius 1 is 0.818 bits per heavy atom.